The van der Waals surface area contributed by atoms with Gasteiger partial charge in [0, 0.05) is 25.7 Å². The molecule has 6 heteroatoms. The van der Waals surface area contributed by atoms with Crippen LogP contribution in [0.15, 0.2) is 64.3 Å². The first-order chi connectivity index (χ1) is 12.3. The number of guanidine groups is 1. The van der Waals surface area contributed by atoms with E-state index in [4.69, 9.17) is 9.15 Å². The summed E-state index contributed by atoms with van der Waals surface area (Å²) in [5.41, 5.74) is 0.902. The van der Waals surface area contributed by atoms with Crippen molar-refractivity contribution in [1.82, 2.24) is 15.2 Å². The molecule has 0 saturated carbocycles. The van der Waals surface area contributed by atoms with Crippen molar-refractivity contribution < 1.29 is 9.15 Å². The molecule has 0 radical (unpaired) electrons. The Balaban J connectivity index is 1.50. The van der Waals surface area contributed by atoms with Crippen LogP contribution in [0.3, 0.4) is 0 Å². The van der Waals surface area contributed by atoms with E-state index in [1.807, 2.05) is 48.3 Å². The number of ether oxygens (including phenoxy) is 1. The Morgan fingerprint density at radius 3 is 2.92 bits per heavy atom. The third-order valence-corrected chi connectivity index (χ3v) is 3.73. The third kappa shape index (κ3) is 4.50. The van der Waals surface area contributed by atoms with Crippen molar-refractivity contribution in [3.8, 4) is 5.75 Å². The quantitative estimate of drug-likeness (QED) is 0.425. The number of benzene rings is 1. The van der Waals surface area contributed by atoms with Gasteiger partial charge in [0.15, 0.2) is 5.96 Å². The second kappa shape index (κ2) is 8.19. The minimum Gasteiger partial charge on any atom is -0.490 e. The molecule has 0 aliphatic heterocycles. The Labute approximate surface area is 147 Å². The summed E-state index contributed by atoms with van der Waals surface area (Å²) in [5, 5.41) is 4.39. The fourth-order valence-corrected chi connectivity index (χ4v) is 2.57. The van der Waals surface area contributed by atoms with Crippen molar-refractivity contribution in [3.05, 3.63) is 60.6 Å². The van der Waals surface area contributed by atoms with Crippen molar-refractivity contribution in [2.75, 3.05) is 27.2 Å². The first kappa shape index (κ1) is 16.8. The van der Waals surface area contributed by atoms with Gasteiger partial charge in [-0.25, -0.2) is 0 Å². The number of fused-ring (bicyclic) bond motifs is 1. The van der Waals surface area contributed by atoms with Gasteiger partial charge in [-0.15, -0.1) is 0 Å². The second-order valence-electron chi connectivity index (χ2n) is 5.62. The minimum atomic E-state index is 0.531. The number of nitrogens with zero attached hydrogens (tertiary/aromatic N) is 3. The zero-order valence-electron chi connectivity index (χ0n) is 14.5. The van der Waals surface area contributed by atoms with E-state index < -0.39 is 0 Å². The van der Waals surface area contributed by atoms with Crippen molar-refractivity contribution in [2.45, 2.75) is 6.54 Å². The molecule has 2 heterocycles. The molecule has 2 aromatic heterocycles. The van der Waals surface area contributed by atoms with E-state index >= 15 is 0 Å². The summed E-state index contributed by atoms with van der Waals surface area (Å²) in [5.74, 6) is 2.45. The monoisotopic (exact) mass is 338 g/mol. The highest BCUT2D eigenvalue weighted by atomic mass is 16.5. The van der Waals surface area contributed by atoms with Crippen LogP contribution in [-0.2, 0) is 6.54 Å². The number of aliphatic imine (C=N–C) groups is 1. The Kier molecular flexibility index (Phi) is 5.51. The SMILES string of the molecule is CN=C(NCCOc1cccnc1)N(C)Cc1cc2ccccc2o1. The largest absolute Gasteiger partial charge is 0.490 e. The van der Waals surface area contributed by atoms with Crippen LogP contribution >= 0.6 is 0 Å². The molecule has 0 amide bonds. The Hall–Kier alpha value is -3.02. The van der Waals surface area contributed by atoms with Crippen LogP contribution in [0, 0.1) is 0 Å². The molecule has 0 bridgehead atoms. The van der Waals surface area contributed by atoms with Gasteiger partial charge in [-0.05, 0) is 24.3 Å². The van der Waals surface area contributed by atoms with Crippen LogP contribution in [0.2, 0.25) is 0 Å². The van der Waals surface area contributed by atoms with Gasteiger partial charge < -0.3 is 19.4 Å². The van der Waals surface area contributed by atoms with Crippen LogP contribution in [0.5, 0.6) is 5.75 Å². The van der Waals surface area contributed by atoms with Crippen molar-refractivity contribution >= 4 is 16.9 Å². The molecule has 0 unspecified atom stereocenters. The maximum absolute atomic E-state index is 5.86. The van der Waals surface area contributed by atoms with Gasteiger partial charge in [-0.2, -0.15) is 0 Å². The predicted molar refractivity (Wildman–Crippen MR) is 98.8 cm³/mol. The lowest BCUT2D eigenvalue weighted by atomic mass is 10.2. The Morgan fingerprint density at radius 2 is 2.16 bits per heavy atom. The van der Waals surface area contributed by atoms with Gasteiger partial charge >= 0.3 is 0 Å². The van der Waals surface area contributed by atoms with E-state index in [1.54, 1.807) is 19.4 Å². The molecule has 0 aliphatic rings. The molecule has 0 fully saturated rings. The van der Waals surface area contributed by atoms with Crippen LogP contribution < -0.4 is 10.1 Å². The number of hydrogen-bond donors (Lipinski definition) is 1. The standard InChI is InChI=1S/C19H22N4O2/c1-20-19(22-10-11-24-16-7-5-9-21-13-16)23(2)14-17-12-15-6-3-4-8-18(15)25-17/h3-9,12-13H,10-11,14H2,1-2H3,(H,20,22). The fourth-order valence-electron chi connectivity index (χ4n) is 2.57. The van der Waals surface area contributed by atoms with Gasteiger partial charge in [-0.1, -0.05) is 18.2 Å². The molecular weight excluding hydrogens is 316 g/mol. The maximum atomic E-state index is 5.86. The first-order valence-corrected chi connectivity index (χ1v) is 8.18. The summed E-state index contributed by atoms with van der Waals surface area (Å²) < 4.78 is 11.5. The molecule has 25 heavy (non-hydrogen) atoms. The lowest BCUT2D eigenvalue weighted by molar-refractivity contribution is 0.317. The number of furan rings is 1. The second-order valence-corrected chi connectivity index (χ2v) is 5.62. The van der Waals surface area contributed by atoms with E-state index in [2.05, 4.69) is 21.4 Å². The molecule has 3 rings (SSSR count). The normalized spacial score (nSPS) is 11.5. The molecule has 0 saturated heterocycles. The Bertz CT molecular complexity index is 797. The van der Waals surface area contributed by atoms with Gasteiger partial charge in [0.2, 0.25) is 0 Å². The van der Waals surface area contributed by atoms with Crippen molar-refractivity contribution in [1.29, 1.82) is 0 Å². The molecule has 130 valence electrons. The van der Waals surface area contributed by atoms with E-state index in [-0.39, 0.29) is 0 Å². The van der Waals surface area contributed by atoms with E-state index in [0.717, 1.165) is 28.4 Å². The zero-order valence-corrected chi connectivity index (χ0v) is 14.5. The van der Waals surface area contributed by atoms with Gasteiger partial charge in [0.1, 0.15) is 23.7 Å². The Morgan fingerprint density at radius 1 is 1.28 bits per heavy atom. The van der Waals surface area contributed by atoms with E-state index in [1.165, 1.54) is 0 Å². The van der Waals surface area contributed by atoms with Crippen LogP contribution in [0.1, 0.15) is 5.76 Å². The first-order valence-electron chi connectivity index (χ1n) is 8.18. The van der Waals surface area contributed by atoms with Gasteiger partial charge in [-0.3, -0.25) is 9.98 Å². The smallest absolute Gasteiger partial charge is 0.193 e. The van der Waals surface area contributed by atoms with Crippen LogP contribution in [-0.4, -0.2) is 43.1 Å². The summed E-state index contributed by atoms with van der Waals surface area (Å²) in [6, 6.07) is 13.8. The molecule has 0 aliphatic carbocycles. The highest BCUT2D eigenvalue weighted by molar-refractivity contribution is 5.80. The number of nitrogens with one attached hydrogen (secondary N) is 1. The number of rotatable bonds is 6. The summed E-state index contributed by atoms with van der Waals surface area (Å²) in [6.45, 7) is 1.81. The zero-order chi connectivity index (χ0) is 17.5. The molecule has 1 N–H and O–H groups in total. The summed E-state index contributed by atoms with van der Waals surface area (Å²) in [4.78, 5) is 10.3. The lowest BCUT2D eigenvalue weighted by Gasteiger charge is -2.21. The molecule has 0 spiro atoms. The highest BCUT2D eigenvalue weighted by Crippen LogP contribution is 2.19. The average molecular weight is 338 g/mol. The highest BCUT2D eigenvalue weighted by Gasteiger charge is 2.10. The molecule has 3 aromatic rings. The number of para-hydroxylation sites is 1. The van der Waals surface area contributed by atoms with Crippen molar-refractivity contribution in [3.63, 3.8) is 0 Å². The predicted octanol–water partition coefficient (Wildman–Crippen LogP) is 2.91. The maximum Gasteiger partial charge on any atom is 0.193 e. The number of pyridine rings is 1. The van der Waals surface area contributed by atoms with Crippen LogP contribution in [0.25, 0.3) is 11.0 Å². The topological polar surface area (TPSA) is 62.9 Å². The number of aromatic nitrogens is 1. The summed E-state index contributed by atoms with van der Waals surface area (Å²) in [6.07, 6.45) is 3.42. The number of hydrogen-bond acceptors (Lipinski definition) is 4. The van der Waals surface area contributed by atoms with Gasteiger partial charge in [0.25, 0.3) is 0 Å². The van der Waals surface area contributed by atoms with Gasteiger partial charge in [0.05, 0.1) is 19.3 Å². The molecule has 1 aromatic carbocycles. The summed E-state index contributed by atoms with van der Waals surface area (Å²) in [7, 11) is 3.74. The van der Waals surface area contributed by atoms with Crippen LogP contribution in [0.4, 0.5) is 0 Å². The lowest BCUT2D eigenvalue weighted by Crippen LogP contribution is -2.40. The molecule has 0 atom stereocenters. The molecular formula is C19H22N4O2. The molecule has 6 nitrogen and oxygen atoms in total. The van der Waals surface area contributed by atoms with E-state index in [9.17, 15) is 0 Å². The van der Waals surface area contributed by atoms with Crippen molar-refractivity contribution in [2.24, 2.45) is 4.99 Å². The summed E-state index contributed by atoms with van der Waals surface area (Å²) >= 11 is 0. The fraction of sp³-hybridized carbons (Fsp3) is 0.263. The van der Waals surface area contributed by atoms with E-state index in [0.29, 0.717) is 19.7 Å². The third-order valence-electron chi connectivity index (χ3n) is 3.73. The average Bonchev–Trinajstić information content (AvgIpc) is 3.04. The minimum absolute atomic E-state index is 0.531.